The third kappa shape index (κ3) is 2.81. The zero-order valence-electron chi connectivity index (χ0n) is 11.6. The maximum absolute atomic E-state index is 12.7. The quantitative estimate of drug-likeness (QED) is 0.776. The summed E-state index contributed by atoms with van der Waals surface area (Å²) >= 11 is 0. The number of rotatable bonds is 1. The maximum atomic E-state index is 12.7. The second-order valence-electron chi connectivity index (χ2n) is 6.51. The SMILES string of the molecule is CC(C)(C)c1ccccc1P(=O)(O)C(C)(C)C. The Morgan fingerprint density at radius 3 is 1.88 bits per heavy atom. The van der Waals surface area contributed by atoms with Crippen LogP contribution in [0.4, 0.5) is 0 Å². The Labute approximate surface area is 105 Å². The van der Waals surface area contributed by atoms with E-state index in [-0.39, 0.29) is 5.41 Å². The Bertz CT molecular complexity index is 450. The third-order valence-corrected chi connectivity index (χ3v) is 5.81. The van der Waals surface area contributed by atoms with E-state index in [1.54, 1.807) is 6.07 Å². The first kappa shape index (κ1) is 14.5. The fourth-order valence-electron chi connectivity index (χ4n) is 1.73. The predicted molar refractivity (Wildman–Crippen MR) is 74.4 cm³/mol. The molecule has 0 saturated heterocycles. The zero-order valence-corrected chi connectivity index (χ0v) is 12.5. The maximum Gasteiger partial charge on any atom is 0.235 e. The van der Waals surface area contributed by atoms with E-state index in [4.69, 9.17) is 0 Å². The van der Waals surface area contributed by atoms with Crippen LogP contribution in [0.5, 0.6) is 0 Å². The highest BCUT2D eigenvalue weighted by Gasteiger charge is 2.39. The van der Waals surface area contributed by atoms with E-state index in [2.05, 4.69) is 20.8 Å². The second kappa shape index (κ2) is 4.26. The van der Waals surface area contributed by atoms with Gasteiger partial charge in [0.25, 0.3) is 0 Å². The van der Waals surface area contributed by atoms with Crippen molar-refractivity contribution in [2.24, 2.45) is 0 Å². The van der Waals surface area contributed by atoms with Gasteiger partial charge in [0, 0.05) is 10.5 Å². The third-order valence-electron chi connectivity index (χ3n) is 2.95. The van der Waals surface area contributed by atoms with Crippen molar-refractivity contribution in [2.45, 2.75) is 52.1 Å². The molecule has 1 N–H and O–H groups in total. The molecule has 0 aromatic heterocycles. The van der Waals surface area contributed by atoms with Crippen molar-refractivity contribution < 1.29 is 9.46 Å². The monoisotopic (exact) mass is 254 g/mol. The van der Waals surface area contributed by atoms with Gasteiger partial charge in [-0.15, -0.1) is 0 Å². The first-order valence-corrected chi connectivity index (χ1v) is 7.57. The van der Waals surface area contributed by atoms with E-state index in [1.807, 2.05) is 39.0 Å². The minimum atomic E-state index is -3.36. The van der Waals surface area contributed by atoms with Crippen LogP contribution in [0.15, 0.2) is 24.3 Å². The van der Waals surface area contributed by atoms with Crippen molar-refractivity contribution >= 4 is 12.7 Å². The molecule has 0 aliphatic carbocycles. The summed E-state index contributed by atoms with van der Waals surface area (Å²) in [5, 5.41) is -0.0334. The molecule has 96 valence electrons. The molecule has 2 nitrogen and oxygen atoms in total. The Morgan fingerprint density at radius 1 is 1.00 bits per heavy atom. The van der Waals surface area contributed by atoms with Crippen molar-refractivity contribution in [3.8, 4) is 0 Å². The van der Waals surface area contributed by atoms with Gasteiger partial charge >= 0.3 is 0 Å². The van der Waals surface area contributed by atoms with Crippen LogP contribution in [0.1, 0.15) is 47.1 Å². The first-order valence-electron chi connectivity index (χ1n) is 5.91. The van der Waals surface area contributed by atoms with Gasteiger partial charge in [-0.1, -0.05) is 59.7 Å². The molecule has 1 unspecified atom stereocenters. The largest absolute Gasteiger partial charge is 0.341 e. The molecule has 0 spiro atoms. The summed E-state index contributed by atoms with van der Waals surface area (Å²) in [6.45, 7) is 11.6. The lowest BCUT2D eigenvalue weighted by atomic mass is 9.87. The highest BCUT2D eigenvalue weighted by Crippen LogP contribution is 2.54. The molecule has 0 aliphatic heterocycles. The first-order chi connectivity index (χ1) is 7.48. The smallest absolute Gasteiger partial charge is 0.235 e. The van der Waals surface area contributed by atoms with Crippen molar-refractivity contribution in [3.63, 3.8) is 0 Å². The van der Waals surface area contributed by atoms with Gasteiger partial charge < -0.3 is 4.89 Å². The van der Waals surface area contributed by atoms with Crippen LogP contribution in [0, 0.1) is 0 Å². The molecule has 0 bridgehead atoms. The van der Waals surface area contributed by atoms with Crippen molar-refractivity contribution in [2.75, 3.05) is 0 Å². The van der Waals surface area contributed by atoms with Crippen molar-refractivity contribution in [1.82, 2.24) is 0 Å². The summed E-state index contributed by atoms with van der Waals surface area (Å²) in [6, 6.07) is 7.49. The van der Waals surface area contributed by atoms with E-state index < -0.39 is 12.5 Å². The average Bonchev–Trinajstić information content (AvgIpc) is 2.14. The van der Waals surface area contributed by atoms with E-state index >= 15 is 0 Å². The van der Waals surface area contributed by atoms with Gasteiger partial charge in [-0.25, -0.2) is 0 Å². The molecule has 0 aliphatic rings. The highest BCUT2D eigenvalue weighted by atomic mass is 31.2. The summed E-state index contributed by atoms with van der Waals surface area (Å²) in [6.07, 6.45) is 0. The standard InChI is InChI=1S/C14H23O2P/c1-13(2,3)11-9-7-8-10-12(11)17(15,16)14(4,5)6/h7-10H,1-6H3,(H,15,16). The lowest BCUT2D eigenvalue weighted by molar-refractivity contribution is 0.456. The normalized spacial score (nSPS) is 16.6. The van der Waals surface area contributed by atoms with Gasteiger partial charge in [-0.05, 0) is 17.0 Å². The predicted octanol–water partition coefficient (Wildman–Crippen LogP) is 3.68. The molecule has 1 rings (SSSR count). The van der Waals surface area contributed by atoms with Crippen LogP contribution in [0.3, 0.4) is 0 Å². The Hall–Kier alpha value is -0.590. The topological polar surface area (TPSA) is 37.3 Å². The summed E-state index contributed by atoms with van der Waals surface area (Å²) in [5.41, 5.74) is 0.834. The van der Waals surface area contributed by atoms with Crippen LogP contribution < -0.4 is 5.30 Å². The summed E-state index contributed by atoms with van der Waals surface area (Å²) < 4.78 is 12.7. The molecule has 1 atom stereocenters. The van der Waals surface area contributed by atoms with E-state index in [9.17, 15) is 9.46 Å². The van der Waals surface area contributed by atoms with E-state index in [0.717, 1.165) is 5.56 Å². The van der Waals surface area contributed by atoms with Gasteiger partial charge in [0.05, 0.1) is 0 Å². The van der Waals surface area contributed by atoms with Crippen LogP contribution in [0.25, 0.3) is 0 Å². The molecule has 0 fully saturated rings. The molecular formula is C14H23O2P. The molecule has 3 heteroatoms. The zero-order chi connectivity index (χ0) is 13.5. The number of benzene rings is 1. The molecule has 0 amide bonds. The van der Waals surface area contributed by atoms with Gasteiger partial charge in [-0.2, -0.15) is 0 Å². The lowest BCUT2D eigenvalue weighted by Crippen LogP contribution is -2.29. The number of hydrogen-bond donors (Lipinski definition) is 1. The lowest BCUT2D eigenvalue weighted by Gasteiger charge is -2.31. The molecular weight excluding hydrogens is 231 g/mol. The summed E-state index contributed by atoms with van der Waals surface area (Å²) in [4.78, 5) is 10.4. The molecule has 17 heavy (non-hydrogen) atoms. The average molecular weight is 254 g/mol. The Balaban J connectivity index is 3.49. The Kier molecular flexibility index (Phi) is 3.63. The van der Waals surface area contributed by atoms with Crippen LogP contribution in [0.2, 0.25) is 0 Å². The van der Waals surface area contributed by atoms with Crippen LogP contribution in [-0.4, -0.2) is 10.0 Å². The van der Waals surface area contributed by atoms with Crippen LogP contribution in [-0.2, 0) is 9.98 Å². The fraction of sp³-hybridized carbons (Fsp3) is 0.571. The van der Waals surface area contributed by atoms with Crippen LogP contribution >= 0.6 is 7.37 Å². The van der Waals surface area contributed by atoms with Crippen molar-refractivity contribution in [1.29, 1.82) is 0 Å². The van der Waals surface area contributed by atoms with Crippen molar-refractivity contribution in [3.05, 3.63) is 29.8 Å². The molecule has 0 radical (unpaired) electrons. The van der Waals surface area contributed by atoms with E-state index in [1.165, 1.54) is 0 Å². The number of hydrogen-bond acceptors (Lipinski definition) is 1. The summed E-state index contributed by atoms with van der Waals surface area (Å²) in [5.74, 6) is 0. The van der Waals surface area contributed by atoms with Gasteiger partial charge in [0.1, 0.15) is 0 Å². The minimum Gasteiger partial charge on any atom is -0.341 e. The molecule has 0 saturated carbocycles. The summed E-state index contributed by atoms with van der Waals surface area (Å²) in [7, 11) is -3.36. The van der Waals surface area contributed by atoms with E-state index in [0.29, 0.717) is 5.30 Å². The molecule has 1 aromatic rings. The highest BCUT2D eigenvalue weighted by molar-refractivity contribution is 7.67. The van der Waals surface area contributed by atoms with Gasteiger partial charge in [-0.3, -0.25) is 4.57 Å². The molecule has 0 heterocycles. The Morgan fingerprint density at radius 2 is 1.47 bits per heavy atom. The second-order valence-corrected chi connectivity index (χ2v) is 9.49. The fourth-order valence-corrected chi connectivity index (χ4v) is 3.48. The van der Waals surface area contributed by atoms with Gasteiger partial charge in [0.15, 0.2) is 0 Å². The minimum absolute atomic E-state index is 0.125. The van der Waals surface area contributed by atoms with Gasteiger partial charge in [0.2, 0.25) is 7.37 Å². The molecule has 1 aromatic carbocycles.